The van der Waals surface area contributed by atoms with Gasteiger partial charge in [-0.05, 0) is 43.2 Å². The van der Waals surface area contributed by atoms with Crippen molar-refractivity contribution in [2.24, 2.45) is 0 Å². The van der Waals surface area contributed by atoms with Gasteiger partial charge in [0.1, 0.15) is 9.84 Å². The predicted molar refractivity (Wildman–Crippen MR) is 81.7 cm³/mol. The minimum absolute atomic E-state index is 0.107. The zero-order chi connectivity index (χ0) is 14.6. The molecule has 0 fully saturated rings. The van der Waals surface area contributed by atoms with Gasteiger partial charge in [-0.15, -0.1) is 0 Å². The first kappa shape index (κ1) is 15.5. The van der Waals surface area contributed by atoms with Crippen LogP contribution in [0.1, 0.15) is 43.7 Å². The van der Waals surface area contributed by atoms with E-state index in [0.29, 0.717) is 6.42 Å². The zero-order valence-corrected chi connectivity index (χ0v) is 13.0. The second-order valence-corrected chi connectivity index (χ2v) is 8.26. The summed E-state index contributed by atoms with van der Waals surface area (Å²) in [6.07, 6.45) is 4.46. The molecule has 0 aliphatic heterocycles. The van der Waals surface area contributed by atoms with Crippen LogP contribution in [0, 0.1) is 0 Å². The number of hydrogen-bond acceptors (Lipinski definition) is 3. The number of sulfone groups is 1. The van der Waals surface area contributed by atoms with Gasteiger partial charge in [-0.3, -0.25) is 0 Å². The van der Waals surface area contributed by atoms with Crippen molar-refractivity contribution in [1.29, 1.82) is 0 Å². The van der Waals surface area contributed by atoms with Crippen LogP contribution < -0.4 is 0 Å². The van der Waals surface area contributed by atoms with Crippen LogP contribution in [-0.4, -0.2) is 31.6 Å². The second kappa shape index (κ2) is 6.27. The molecule has 0 spiro atoms. The molecular weight excluding hydrogens is 272 g/mol. The summed E-state index contributed by atoms with van der Waals surface area (Å²) in [4.78, 5) is 0. The van der Waals surface area contributed by atoms with Gasteiger partial charge in [0.25, 0.3) is 0 Å². The summed E-state index contributed by atoms with van der Waals surface area (Å²) >= 11 is 0. The number of hydrogen-bond donors (Lipinski definition) is 1. The molecule has 0 bridgehead atoms. The van der Waals surface area contributed by atoms with E-state index in [2.05, 4.69) is 12.1 Å². The first-order valence-electron chi connectivity index (χ1n) is 7.43. The molecule has 3 nitrogen and oxygen atoms in total. The number of aliphatic hydroxyl groups excluding tert-OH is 1. The van der Waals surface area contributed by atoms with Crippen molar-refractivity contribution >= 4 is 9.84 Å². The standard InChI is InChI=1S/C16H24O3S/c1-2-20(18,19)12-6-11-16(13-17)10-5-8-14-7-3-4-9-15(14)16/h3-4,7,9,17H,2,5-6,8,10-13H2,1H3. The molecule has 1 atom stereocenters. The van der Waals surface area contributed by atoms with Crippen LogP contribution >= 0.6 is 0 Å². The molecule has 1 aliphatic rings. The number of rotatable bonds is 6. The summed E-state index contributed by atoms with van der Waals surface area (Å²) in [5.41, 5.74) is 2.30. The Kier molecular flexibility index (Phi) is 4.86. The van der Waals surface area contributed by atoms with E-state index in [4.69, 9.17) is 0 Å². The largest absolute Gasteiger partial charge is 0.395 e. The van der Waals surface area contributed by atoms with Crippen molar-refractivity contribution in [3.63, 3.8) is 0 Å². The lowest BCUT2D eigenvalue weighted by molar-refractivity contribution is 0.164. The van der Waals surface area contributed by atoms with Gasteiger partial charge >= 0.3 is 0 Å². The quantitative estimate of drug-likeness (QED) is 0.877. The Bertz CT molecular complexity index is 551. The molecule has 1 unspecified atom stereocenters. The average molecular weight is 296 g/mol. The van der Waals surface area contributed by atoms with E-state index < -0.39 is 9.84 Å². The highest BCUT2D eigenvalue weighted by Gasteiger charge is 2.35. The van der Waals surface area contributed by atoms with Gasteiger partial charge in [-0.25, -0.2) is 8.42 Å². The molecule has 0 saturated heterocycles. The number of fused-ring (bicyclic) bond motifs is 1. The normalized spacial score (nSPS) is 22.5. The van der Waals surface area contributed by atoms with E-state index in [-0.39, 0.29) is 23.5 Å². The predicted octanol–water partition coefficient (Wildman–Crippen LogP) is 2.47. The number of aryl methyl sites for hydroxylation is 1. The van der Waals surface area contributed by atoms with E-state index in [1.807, 2.05) is 12.1 Å². The Labute approximate surface area is 121 Å². The Morgan fingerprint density at radius 1 is 1.30 bits per heavy atom. The summed E-state index contributed by atoms with van der Waals surface area (Å²) in [7, 11) is -2.91. The molecule has 0 aromatic heterocycles. The fourth-order valence-electron chi connectivity index (χ4n) is 3.29. The highest BCUT2D eigenvalue weighted by Crippen LogP contribution is 2.40. The van der Waals surface area contributed by atoms with Crippen molar-refractivity contribution < 1.29 is 13.5 Å². The molecule has 1 aromatic carbocycles. The van der Waals surface area contributed by atoms with Gasteiger partial charge in [0.2, 0.25) is 0 Å². The van der Waals surface area contributed by atoms with Crippen LogP contribution in [0.25, 0.3) is 0 Å². The number of aliphatic hydroxyl groups is 1. The van der Waals surface area contributed by atoms with E-state index in [9.17, 15) is 13.5 Å². The third-order valence-electron chi connectivity index (χ3n) is 4.54. The molecule has 20 heavy (non-hydrogen) atoms. The molecule has 4 heteroatoms. The van der Waals surface area contributed by atoms with Gasteiger partial charge < -0.3 is 5.11 Å². The SMILES string of the molecule is CCS(=O)(=O)CCCC1(CO)CCCc2ccccc21. The maximum atomic E-state index is 11.6. The third-order valence-corrected chi connectivity index (χ3v) is 6.33. The lowest BCUT2D eigenvalue weighted by atomic mass is 9.68. The average Bonchev–Trinajstić information content (AvgIpc) is 2.47. The summed E-state index contributed by atoms with van der Waals surface area (Å²) in [6, 6.07) is 8.27. The van der Waals surface area contributed by atoms with Crippen LogP contribution in [0.4, 0.5) is 0 Å². The van der Waals surface area contributed by atoms with Gasteiger partial charge in [-0.1, -0.05) is 31.2 Å². The fourth-order valence-corrected chi connectivity index (χ4v) is 4.16. The minimum atomic E-state index is -2.91. The Balaban J connectivity index is 2.15. The molecule has 2 rings (SSSR count). The lowest BCUT2D eigenvalue weighted by Crippen LogP contribution is -2.35. The van der Waals surface area contributed by atoms with Crippen molar-refractivity contribution in [1.82, 2.24) is 0 Å². The van der Waals surface area contributed by atoms with Crippen molar-refractivity contribution in [3.05, 3.63) is 35.4 Å². The molecular formula is C16H24O3S. The maximum absolute atomic E-state index is 11.6. The molecule has 0 heterocycles. The summed E-state index contributed by atoms with van der Waals surface area (Å²) in [6.45, 7) is 1.79. The highest BCUT2D eigenvalue weighted by molar-refractivity contribution is 7.91. The van der Waals surface area contributed by atoms with Crippen molar-refractivity contribution in [2.45, 2.75) is 44.4 Å². The highest BCUT2D eigenvalue weighted by atomic mass is 32.2. The summed E-state index contributed by atoms with van der Waals surface area (Å²) in [5.74, 6) is 0.434. The van der Waals surface area contributed by atoms with Crippen molar-refractivity contribution in [2.75, 3.05) is 18.1 Å². The molecule has 0 amide bonds. The monoisotopic (exact) mass is 296 g/mol. The van der Waals surface area contributed by atoms with Gasteiger partial charge in [0.05, 0.1) is 12.4 Å². The van der Waals surface area contributed by atoms with Crippen LogP contribution in [-0.2, 0) is 21.7 Å². The van der Waals surface area contributed by atoms with Crippen LogP contribution in [0.5, 0.6) is 0 Å². The smallest absolute Gasteiger partial charge is 0.150 e. The Morgan fingerprint density at radius 2 is 2.05 bits per heavy atom. The third kappa shape index (κ3) is 3.23. The first-order chi connectivity index (χ1) is 9.53. The van der Waals surface area contributed by atoms with Crippen LogP contribution in [0.15, 0.2) is 24.3 Å². The number of benzene rings is 1. The molecule has 0 saturated carbocycles. The lowest BCUT2D eigenvalue weighted by Gasteiger charge is -2.38. The fraction of sp³-hybridized carbons (Fsp3) is 0.625. The maximum Gasteiger partial charge on any atom is 0.150 e. The molecule has 1 N–H and O–H groups in total. The van der Waals surface area contributed by atoms with E-state index in [1.54, 1.807) is 6.92 Å². The topological polar surface area (TPSA) is 54.4 Å². The van der Waals surface area contributed by atoms with E-state index in [0.717, 1.165) is 25.7 Å². The van der Waals surface area contributed by atoms with Crippen molar-refractivity contribution in [3.8, 4) is 0 Å². The minimum Gasteiger partial charge on any atom is -0.395 e. The molecule has 1 aromatic rings. The van der Waals surface area contributed by atoms with Crippen LogP contribution in [0.3, 0.4) is 0 Å². The summed E-state index contributed by atoms with van der Waals surface area (Å²) in [5, 5.41) is 9.93. The Morgan fingerprint density at radius 3 is 2.75 bits per heavy atom. The zero-order valence-electron chi connectivity index (χ0n) is 12.1. The van der Waals surface area contributed by atoms with Gasteiger partial charge in [-0.2, -0.15) is 0 Å². The van der Waals surface area contributed by atoms with Gasteiger partial charge in [0.15, 0.2) is 0 Å². The Hall–Kier alpha value is -0.870. The molecule has 1 aliphatic carbocycles. The van der Waals surface area contributed by atoms with Crippen LogP contribution in [0.2, 0.25) is 0 Å². The second-order valence-electron chi connectivity index (χ2n) is 5.79. The van der Waals surface area contributed by atoms with E-state index >= 15 is 0 Å². The first-order valence-corrected chi connectivity index (χ1v) is 9.25. The summed E-state index contributed by atoms with van der Waals surface area (Å²) < 4.78 is 23.2. The molecule has 0 radical (unpaired) electrons. The van der Waals surface area contributed by atoms with Gasteiger partial charge in [0, 0.05) is 11.2 Å². The molecule has 112 valence electrons. The van der Waals surface area contributed by atoms with E-state index in [1.165, 1.54) is 11.1 Å².